The highest BCUT2D eigenvalue weighted by Crippen LogP contribution is 2.04. The van der Waals surface area contributed by atoms with Crippen LogP contribution >= 0.6 is 0 Å². The van der Waals surface area contributed by atoms with Crippen molar-refractivity contribution >= 4 is 11.8 Å². The van der Waals surface area contributed by atoms with Gasteiger partial charge in [-0.3, -0.25) is 4.98 Å². The molecule has 0 spiro atoms. The molecule has 1 aromatic rings. The van der Waals surface area contributed by atoms with Gasteiger partial charge in [-0.1, -0.05) is 0 Å². The van der Waals surface area contributed by atoms with Gasteiger partial charge in [-0.2, -0.15) is 0 Å². The normalized spacial score (nSPS) is 9.41. The second-order valence-corrected chi connectivity index (χ2v) is 3.37. The number of hydrogen-bond acceptors (Lipinski definition) is 5. The highest BCUT2D eigenvalue weighted by molar-refractivity contribution is 5.87. The standard InChI is InChI=1S/C12H15N3O2/c1-3-4-5-6-7-14-11-9-13-8-10(15-11)12(16)17-2/h1,8-9H,4-7H2,2H3,(H,14,15). The van der Waals surface area contributed by atoms with Gasteiger partial charge in [-0.05, 0) is 12.8 Å². The molecule has 0 aliphatic carbocycles. The van der Waals surface area contributed by atoms with Gasteiger partial charge in [-0.25, -0.2) is 9.78 Å². The van der Waals surface area contributed by atoms with E-state index in [9.17, 15) is 4.79 Å². The van der Waals surface area contributed by atoms with E-state index in [4.69, 9.17) is 6.42 Å². The van der Waals surface area contributed by atoms with Crippen LogP contribution in [-0.4, -0.2) is 29.6 Å². The minimum Gasteiger partial charge on any atom is -0.464 e. The van der Waals surface area contributed by atoms with E-state index in [1.54, 1.807) is 6.20 Å². The molecule has 0 amide bonds. The van der Waals surface area contributed by atoms with Crippen molar-refractivity contribution in [3.05, 3.63) is 18.1 Å². The van der Waals surface area contributed by atoms with E-state index in [0.29, 0.717) is 5.82 Å². The average Bonchev–Trinajstić information content (AvgIpc) is 2.38. The van der Waals surface area contributed by atoms with E-state index in [1.165, 1.54) is 13.3 Å². The third kappa shape index (κ3) is 4.51. The Hall–Kier alpha value is -2.09. The number of aromatic nitrogens is 2. The summed E-state index contributed by atoms with van der Waals surface area (Å²) in [5, 5.41) is 3.07. The van der Waals surface area contributed by atoms with Gasteiger partial charge in [0.15, 0.2) is 5.69 Å². The molecule has 0 bridgehead atoms. The molecule has 0 atom stereocenters. The molecule has 1 N–H and O–H groups in total. The van der Waals surface area contributed by atoms with Gasteiger partial charge < -0.3 is 10.1 Å². The van der Waals surface area contributed by atoms with E-state index in [0.717, 1.165) is 25.8 Å². The van der Waals surface area contributed by atoms with E-state index in [1.807, 2.05) is 0 Å². The first-order chi connectivity index (χ1) is 8.27. The van der Waals surface area contributed by atoms with Crippen molar-refractivity contribution in [1.29, 1.82) is 0 Å². The number of hydrogen-bond donors (Lipinski definition) is 1. The lowest BCUT2D eigenvalue weighted by Gasteiger charge is -2.05. The maximum Gasteiger partial charge on any atom is 0.358 e. The van der Waals surface area contributed by atoms with Gasteiger partial charge in [0.1, 0.15) is 5.82 Å². The van der Waals surface area contributed by atoms with Gasteiger partial charge in [0.2, 0.25) is 0 Å². The fraction of sp³-hybridized carbons (Fsp3) is 0.417. The molecule has 0 aliphatic rings. The van der Waals surface area contributed by atoms with Gasteiger partial charge in [-0.15, -0.1) is 12.3 Å². The fourth-order valence-corrected chi connectivity index (χ4v) is 1.22. The van der Waals surface area contributed by atoms with E-state index in [2.05, 4.69) is 25.9 Å². The Morgan fingerprint density at radius 3 is 3.06 bits per heavy atom. The van der Waals surface area contributed by atoms with Crippen LogP contribution in [0.15, 0.2) is 12.4 Å². The molecule has 1 heterocycles. The topological polar surface area (TPSA) is 64.1 Å². The fourth-order valence-electron chi connectivity index (χ4n) is 1.22. The van der Waals surface area contributed by atoms with Crippen molar-refractivity contribution in [3.8, 4) is 12.3 Å². The largest absolute Gasteiger partial charge is 0.464 e. The van der Waals surface area contributed by atoms with Crippen LogP contribution < -0.4 is 5.32 Å². The average molecular weight is 233 g/mol. The molecule has 0 fully saturated rings. The van der Waals surface area contributed by atoms with Crippen LogP contribution in [0.25, 0.3) is 0 Å². The molecule has 17 heavy (non-hydrogen) atoms. The third-order valence-corrected chi connectivity index (χ3v) is 2.08. The van der Waals surface area contributed by atoms with Gasteiger partial charge in [0, 0.05) is 13.0 Å². The number of esters is 1. The van der Waals surface area contributed by atoms with Crippen molar-refractivity contribution < 1.29 is 9.53 Å². The van der Waals surface area contributed by atoms with Crippen LogP contribution in [0.3, 0.4) is 0 Å². The number of carbonyl (C=O) groups is 1. The molecular weight excluding hydrogens is 218 g/mol. The Kier molecular flexibility index (Phi) is 5.52. The Morgan fingerprint density at radius 2 is 2.35 bits per heavy atom. The molecule has 0 aromatic carbocycles. The number of anilines is 1. The number of carbonyl (C=O) groups excluding carboxylic acids is 1. The number of unbranched alkanes of at least 4 members (excludes halogenated alkanes) is 2. The molecule has 0 saturated carbocycles. The van der Waals surface area contributed by atoms with Crippen molar-refractivity contribution in [3.63, 3.8) is 0 Å². The summed E-state index contributed by atoms with van der Waals surface area (Å²) in [4.78, 5) is 19.2. The smallest absolute Gasteiger partial charge is 0.358 e. The summed E-state index contributed by atoms with van der Waals surface area (Å²) < 4.78 is 4.56. The summed E-state index contributed by atoms with van der Waals surface area (Å²) in [6.07, 6.45) is 10.8. The van der Waals surface area contributed by atoms with E-state index >= 15 is 0 Å². The van der Waals surface area contributed by atoms with Crippen LogP contribution in [0.4, 0.5) is 5.82 Å². The van der Waals surface area contributed by atoms with Gasteiger partial charge in [0.25, 0.3) is 0 Å². The quantitative estimate of drug-likeness (QED) is 0.458. The highest BCUT2D eigenvalue weighted by Gasteiger charge is 2.07. The van der Waals surface area contributed by atoms with Crippen LogP contribution in [-0.2, 0) is 4.74 Å². The first kappa shape index (κ1) is 13.0. The van der Waals surface area contributed by atoms with Gasteiger partial charge >= 0.3 is 5.97 Å². The second kappa shape index (κ2) is 7.23. The van der Waals surface area contributed by atoms with Crippen molar-refractivity contribution in [2.24, 2.45) is 0 Å². The van der Waals surface area contributed by atoms with Crippen molar-refractivity contribution in [2.75, 3.05) is 19.0 Å². The lowest BCUT2D eigenvalue weighted by molar-refractivity contribution is 0.0593. The van der Waals surface area contributed by atoms with E-state index in [-0.39, 0.29) is 5.69 Å². The Morgan fingerprint density at radius 1 is 1.53 bits per heavy atom. The molecule has 0 saturated heterocycles. The predicted octanol–water partition coefficient (Wildman–Crippen LogP) is 1.48. The first-order valence-electron chi connectivity index (χ1n) is 5.35. The molecule has 5 nitrogen and oxygen atoms in total. The molecule has 0 unspecified atom stereocenters. The summed E-state index contributed by atoms with van der Waals surface area (Å²) in [7, 11) is 1.31. The van der Waals surface area contributed by atoms with Crippen molar-refractivity contribution in [2.45, 2.75) is 19.3 Å². The number of methoxy groups -OCH3 is 1. The summed E-state index contributed by atoms with van der Waals surface area (Å²) in [5.74, 6) is 2.65. The lowest BCUT2D eigenvalue weighted by Crippen LogP contribution is -2.09. The summed E-state index contributed by atoms with van der Waals surface area (Å²) >= 11 is 0. The third-order valence-electron chi connectivity index (χ3n) is 2.08. The number of terminal acetylenes is 1. The monoisotopic (exact) mass is 233 g/mol. The summed E-state index contributed by atoms with van der Waals surface area (Å²) in [6.45, 7) is 0.751. The molecule has 1 aromatic heterocycles. The highest BCUT2D eigenvalue weighted by atomic mass is 16.5. The van der Waals surface area contributed by atoms with E-state index < -0.39 is 5.97 Å². The zero-order valence-electron chi connectivity index (χ0n) is 9.77. The molecule has 0 radical (unpaired) electrons. The van der Waals surface area contributed by atoms with Crippen LogP contribution in [0.1, 0.15) is 29.8 Å². The number of rotatable bonds is 6. The minimum absolute atomic E-state index is 0.195. The Balaban J connectivity index is 2.44. The zero-order chi connectivity index (χ0) is 12.5. The molecular formula is C12H15N3O2. The Labute approximate surface area is 101 Å². The molecule has 90 valence electrons. The summed E-state index contributed by atoms with van der Waals surface area (Å²) in [6, 6.07) is 0. The number of nitrogens with zero attached hydrogens (tertiary/aromatic N) is 2. The predicted molar refractivity (Wildman–Crippen MR) is 64.5 cm³/mol. The van der Waals surface area contributed by atoms with Crippen LogP contribution in [0, 0.1) is 12.3 Å². The maximum atomic E-state index is 11.2. The number of nitrogens with one attached hydrogen (secondary N) is 1. The second-order valence-electron chi connectivity index (χ2n) is 3.37. The molecule has 5 heteroatoms. The van der Waals surface area contributed by atoms with Crippen molar-refractivity contribution in [1.82, 2.24) is 9.97 Å². The molecule has 0 aliphatic heterocycles. The van der Waals surface area contributed by atoms with Crippen LogP contribution in [0.5, 0.6) is 0 Å². The summed E-state index contributed by atoms with van der Waals surface area (Å²) in [5.41, 5.74) is 0.195. The van der Waals surface area contributed by atoms with Crippen LogP contribution in [0.2, 0.25) is 0 Å². The first-order valence-corrected chi connectivity index (χ1v) is 5.35. The minimum atomic E-state index is -0.492. The SMILES string of the molecule is C#CCCCCNc1cncc(C(=O)OC)n1. The maximum absolute atomic E-state index is 11.2. The zero-order valence-corrected chi connectivity index (χ0v) is 9.77. The molecule has 1 rings (SSSR count). The lowest BCUT2D eigenvalue weighted by atomic mass is 10.2. The number of ether oxygens (including phenoxy) is 1. The van der Waals surface area contributed by atoms with Gasteiger partial charge in [0.05, 0.1) is 19.5 Å². The Bertz CT molecular complexity index is 412.